The van der Waals surface area contributed by atoms with Crippen molar-refractivity contribution < 1.29 is 9.53 Å². The Kier molecular flexibility index (Phi) is 4.58. The van der Waals surface area contributed by atoms with Crippen molar-refractivity contribution in [3.63, 3.8) is 0 Å². The van der Waals surface area contributed by atoms with Crippen molar-refractivity contribution in [3.05, 3.63) is 59.7 Å². The topological polar surface area (TPSA) is 26.3 Å². The number of carbonyl (C=O) groups excluding carboxylic acids is 1. The van der Waals surface area contributed by atoms with E-state index < -0.39 is 0 Å². The van der Waals surface area contributed by atoms with Crippen LogP contribution in [0.4, 0.5) is 0 Å². The van der Waals surface area contributed by atoms with Gasteiger partial charge in [-0.25, -0.2) is 0 Å². The number of ketones is 1. The van der Waals surface area contributed by atoms with Gasteiger partial charge in [0, 0.05) is 17.9 Å². The summed E-state index contributed by atoms with van der Waals surface area (Å²) in [5.74, 6) is 1.92. The summed E-state index contributed by atoms with van der Waals surface area (Å²) in [5, 5.41) is 0. The lowest BCUT2D eigenvalue weighted by Crippen LogP contribution is -2.02. The van der Waals surface area contributed by atoms with Gasteiger partial charge in [0.1, 0.15) is 11.5 Å². The average Bonchev–Trinajstić information content (AvgIpc) is 2.40. The Bertz CT molecular complexity index is 564. The van der Waals surface area contributed by atoms with E-state index in [9.17, 15) is 4.79 Å². The summed E-state index contributed by atoms with van der Waals surface area (Å²) in [4.78, 5) is 11.8. The molecule has 0 aliphatic rings. The molecule has 19 heavy (non-hydrogen) atoms. The van der Waals surface area contributed by atoms with E-state index in [-0.39, 0.29) is 5.78 Å². The van der Waals surface area contributed by atoms with Crippen molar-refractivity contribution in [1.29, 1.82) is 0 Å². The number of Topliss-reactive ketones (excluding diaryl/α,β-unsaturated/α-hetero) is 1. The number of ether oxygens (including phenoxy) is 1. The third-order valence-corrected chi connectivity index (χ3v) is 2.99. The molecule has 2 aromatic rings. The van der Waals surface area contributed by atoms with Crippen molar-refractivity contribution in [3.8, 4) is 11.5 Å². The molecule has 0 heterocycles. The fraction of sp³-hybridized carbons (Fsp3) is 0.188. The Balaban J connectivity index is 2.17. The molecule has 0 aromatic heterocycles. The third-order valence-electron chi connectivity index (χ3n) is 2.80. The van der Waals surface area contributed by atoms with Crippen LogP contribution in [0, 0.1) is 6.92 Å². The molecule has 0 fully saturated rings. The van der Waals surface area contributed by atoms with Crippen molar-refractivity contribution in [2.75, 3.05) is 5.88 Å². The maximum absolute atomic E-state index is 11.8. The smallest absolute Gasteiger partial charge is 0.164 e. The van der Waals surface area contributed by atoms with Gasteiger partial charge in [-0.05, 0) is 42.8 Å². The van der Waals surface area contributed by atoms with Gasteiger partial charge in [-0.3, -0.25) is 4.79 Å². The average molecular weight is 275 g/mol. The molecule has 2 rings (SSSR count). The maximum Gasteiger partial charge on any atom is 0.164 e. The summed E-state index contributed by atoms with van der Waals surface area (Å²) >= 11 is 5.59. The molecule has 0 atom stereocenters. The summed E-state index contributed by atoms with van der Waals surface area (Å²) in [5.41, 5.74) is 1.62. The Morgan fingerprint density at radius 2 is 1.84 bits per heavy atom. The molecular formula is C16H15ClO2. The molecule has 0 bridgehead atoms. The lowest BCUT2D eigenvalue weighted by atomic mass is 10.0. The number of halogens is 1. The Morgan fingerprint density at radius 3 is 2.47 bits per heavy atom. The molecular weight excluding hydrogens is 260 g/mol. The van der Waals surface area contributed by atoms with Crippen LogP contribution in [0.5, 0.6) is 11.5 Å². The summed E-state index contributed by atoms with van der Waals surface area (Å²) in [6, 6.07) is 15.0. The molecule has 2 nitrogen and oxygen atoms in total. The van der Waals surface area contributed by atoms with E-state index in [4.69, 9.17) is 16.3 Å². The van der Waals surface area contributed by atoms with Crippen molar-refractivity contribution in [1.82, 2.24) is 0 Å². The number of aryl methyl sites for hydroxylation is 1. The Hall–Kier alpha value is -1.80. The summed E-state index contributed by atoms with van der Waals surface area (Å²) in [7, 11) is 0. The molecule has 0 saturated heterocycles. The summed E-state index contributed by atoms with van der Waals surface area (Å²) in [6.45, 7) is 1.90. The lowest BCUT2D eigenvalue weighted by Gasteiger charge is -2.09. The van der Waals surface area contributed by atoms with Crippen LogP contribution in [0.2, 0.25) is 0 Å². The maximum atomic E-state index is 11.8. The van der Waals surface area contributed by atoms with Crippen LogP contribution in [0.3, 0.4) is 0 Å². The van der Waals surface area contributed by atoms with E-state index in [2.05, 4.69) is 0 Å². The predicted octanol–water partition coefficient (Wildman–Crippen LogP) is 4.60. The molecule has 2 aromatic carbocycles. The van der Waals surface area contributed by atoms with E-state index in [0.29, 0.717) is 17.9 Å². The van der Waals surface area contributed by atoms with Crippen molar-refractivity contribution in [2.24, 2.45) is 0 Å². The standard InChI is InChI=1S/C16H15ClO2/c1-12-11-14(19-13-5-3-2-4-6-13)7-8-15(12)16(18)9-10-17/h2-8,11H,9-10H2,1H3. The zero-order chi connectivity index (χ0) is 13.7. The molecule has 0 amide bonds. The Labute approximate surface area is 118 Å². The minimum atomic E-state index is 0.0683. The highest BCUT2D eigenvalue weighted by Gasteiger charge is 2.09. The van der Waals surface area contributed by atoms with Crippen LogP contribution in [0.15, 0.2) is 48.5 Å². The number of rotatable bonds is 5. The van der Waals surface area contributed by atoms with E-state index >= 15 is 0 Å². The zero-order valence-corrected chi connectivity index (χ0v) is 11.5. The van der Waals surface area contributed by atoms with Crippen molar-refractivity contribution >= 4 is 17.4 Å². The number of alkyl halides is 1. The number of hydrogen-bond donors (Lipinski definition) is 0. The highest BCUT2D eigenvalue weighted by Crippen LogP contribution is 2.24. The first-order chi connectivity index (χ1) is 9.20. The molecule has 0 spiro atoms. The van der Waals surface area contributed by atoms with Crippen LogP contribution in [-0.2, 0) is 0 Å². The molecule has 0 unspecified atom stereocenters. The second kappa shape index (κ2) is 6.39. The normalized spacial score (nSPS) is 10.2. The van der Waals surface area contributed by atoms with Gasteiger partial charge in [-0.1, -0.05) is 18.2 Å². The fourth-order valence-electron chi connectivity index (χ4n) is 1.86. The second-order valence-electron chi connectivity index (χ2n) is 4.25. The number of para-hydroxylation sites is 1. The molecule has 0 aliphatic heterocycles. The van der Waals surface area contributed by atoms with Gasteiger partial charge in [0.2, 0.25) is 0 Å². The zero-order valence-electron chi connectivity index (χ0n) is 10.7. The van der Waals surface area contributed by atoms with Crippen LogP contribution >= 0.6 is 11.6 Å². The van der Waals surface area contributed by atoms with Gasteiger partial charge in [0.25, 0.3) is 0 Å². The van der Waals surface area contributed by atoms with E-state index in [1.54, 1.807) is 6.07 Å². The van der Waals surface area contributed by atoms with E-state index in [1.165, 1.54) is 0 Å². The lowest BCUT2D eigenvalue weighted by molar-refractivity contribution is 0.0988. The van der Waals surface area contributed by atoms with Gasteiger partial charge in [0.05, 0.1) is 0 Å². The molecule has 0 N–H and O–H groups in total. The number of carbonyl (C=O) groups is 1. The monoisotopic (exact) mass is 274 g/mol. The highest BCUT2D eigenvalue weighted by molar-refractivity contribution is 6.19. The first-order valence-corrected chi connectivity index (χ1v) is 6.67. The number of hydrogen-bond acceptors (Lipinski definition) is 2. The molecule has 3 heteroatoms. The van der Waals surface area contributed by atoms with Crippen LogP contribution in [0.1, 0.15) is 22.3 Å². The van der Waals surface area contributed by atoms with Gasteiger partial charge in [-0.15, -0.1) is 11.6 Å². The van der Waals surface area contributed by atoms with E-state index in [1.807, 2.05) is 49.4 Å². The fourth-order valence-corrected chi connectivity index (χ4v) is 2.03. The van der Waals surface area contributed by atoms with Gasteiger partial charge < -0.3 is 4.74 Å². The van der Waals surface area contributed by atoms with Gasteiger partial charge in [0.15, 0.2) is 5.78 Å². The van der Waals surface area contributed by atoms with Gasteiger partial charge in [-0.2, -0.15) is 0 Å². The first kappa shape index (κ1) is 13.6. The quantitative estimate of drug-likeness (QED) is 0.588. The molecule has 0 radical (unpaired) electrons. The minimum absolute atomic E-state index is 0.0683. The van der Waals surface area contributed by atoms with Crippen LogP contribution in [-0.4, -0.2) is 11.7 Å². The SMILES string of the molecule is Cc1cc(Oc2ccccc2)ccc1C(=O)CCCl. The molecule has 0 aliphatic carbocycles. The highest BCUT2D eigenvalue weighted by atomic mass is 35.5. The minimum Gasteiger partial charge on any atom is -0.457 e. The van der Waals surface area contributed by atoms with Gasteiger partial charge >= 0.3 is 0 Å². The van der Waals surface area contributed by atoms with E-state index in [0.717, 1.165) is 17.1 Å². The Morgan fingerprint density at radius 1 is 1.11 bits per heavy atom. The van der Waals surface area contributed by atoms with Crippen molar-refractivity contribution in [2.45, 2.75) is 13.3 Å². The molecule has 98 valence electrons. The van der Waals surface area contributed by atoms with Crippen LogP contribution in [0.25, 0.3) is 0 Å². The third kappa shape index (κ3) is 3.58. The summed E-state index contributed by atoms with van der Waals surface area (Å²) in [6.07, 6.45) is 0.362. The first-order valence-electron chi connectivity index (χ1n) is 6.13. The van der Waals surface area contributed by atoms with Crippen LogP contribution < -0.4 is 4.74 Å². The molecule has 0 saturated carbocycles. The largest absolute Gasteiger partial charge is 0.457 e. The number of benzene rings is 2. The predicted molar refractivity (Wildman–Crippen MR) is 77.4 cm³/mol. The summed E-state index contributed by atoms with van der Waals surface area (Å²) < 4.78 is 5.72. The second-order valence-corrected chi connectivity index (χ2v) is 4.63.